The third kappa shape index (κ3) is 7.12. The van der Waals surface area contributed by atoms with E-state index in [1.165, 1.54) is 0 Å². The Balaban J connectivity index is 1.36. The molecule has 8 heteroatoms. The van der Waals surface area contributed by atoms with Crippen LogP contribution in [-0.4, -0.2) is 39.7 Å². The second-order valence-electron chi connectivity index (χ2n) is 12.2. The van der Waals surface area contributed by atoms with E-state index in [2.05, 4.69) is 47.8 Å². The summed E-state index contributed by atoms with van der Waals surface area (Å²) in [5.41, 5.74) is 5.07. The average Bonchev–Trinajstić information content (AvgIpc) is 3.41. The van der Waals surface area contributed by atoms with Crippen molar-refractivity contribution in [3.8, 4) is 5.69 Å². The molecule has 1 aliphatic rings. The van der Waals surface area contributed by atoms with Gasteiger partial charge in [0.05, 0.1) is 11.4 Å². The third-order valence-corrected chi connectivity index (χ3v) is 7.91. The molecule has 3 heterocycles. The van der Waals surface area contributed by atoms with Gasteiger partial charge in [0.15, 0.2) is 5.78 Å². The minimum Gasteiger partial charge on any atom is -0.317 e. The van der Waals surface area contributed by atoms with Crippen LogP contribution in [0.2, 0.25) is 0 Å². The predicted octanol–water partition coefficient (Wildman–Crippen LogP) is 6.87. The van der Waals surface area contributed by atoms with Gasteiger partial charge in [0, 0.05) is 41.5 Å². The highest BCUT2D eigenvalue weighted by atomic mass is 16.2. The maximum absolute atomic E-state index is 13.3. The number of benzene rings is 2. The fraction of sp³-hybridized carbons (Fsp3) is 0.353. The van der Waals surface area contributed by atoms with Crippen molar-refractivity contribution in [2.24, 2.45) is 5.92 Å². The highest BCUT2D eigenvalue weighted by molar-refractivity contribution is 5.99. The second-order valence-corrected chi connectivity index (χ2v) is 12.2. The number of piperidine rings is 1. The average molecular weight is 565 g/mol. The van der Waals surface area contributed by atoms with Crippen molar-refractivity contribution in [2.75, 3.05) is 23.7 Å². The van der Waals surface area contributed by atoms with Crippen LogP contribution in [0.1, 0.15) is 73.1 Å². The first-order valence-electron chi connectivity index (χ1n) is 14.7. The number of nitrogens with one attached hydrogen (secondary N) is 3. The lowest BCUT2D eigenvalue weighted by Gasteiger charge is -2.31. The van der Waals surface area contributed by atoms with Gasteiger partial charge in [-0.15, -0.1) is 0 Å². The Morgan fingerprint density at radius 2 is 1.76 bits per heavy atom. The van der Waals surface area contributed by atoms with E-state index in [0.717, 1.165) is 48.4 Å². The standard InChI is InChI=1S/C34H40N6O2/c1-23-10-12-28(13-11-23)40-32(21-31(39-40)34(2,3)4)38-33(42)37-27-9-5-7-25(19-27)29(24-14-17-35-18-15-24)20-30(41)26-8-6-16-36-22-26/h5-13,16,19,21-22,24,29,35H,14-15,17-18,20H2,1-4H3,(H2,37,38,42). The van der Waals surface area contributed by atoms with Gasteiger partial charge < -0.3 is 10.6 Å². The summed E-state index contributed by atoms with van der Waals surface area (Å²) in [5.74, 6) is 1.09. The molecule has 1 saturated heterocycles. The van der Waals surface area contributed by atoms with Crippen LogP contribution in [0.25, 0.3) is 5.69 Å². The Labute approximate surface area is 248 Å². The molecule has 8 nitrogen and oxygen atoms in total. The Hall–Kier alpha value is -4.30. The Kier molecular flexibility index (Phi) is 8.83. The molecule has 2 aromatic carbocycles. The number of ketones is 1. The lowest BCUT2D eigenvalue weighted by molar-refractivity contribution is 0.0958. The molecule has 0 bridgehead atoms. The lowest BCUT2D eigenvalue weighted by atomic mass is 9.77. The molecule has 1 unspecified atom stereocenters. The van der Waals surface area contributed by atoms with E-state index in [1.54, 1.807) is 23.1 Å². The first-order valence-corrected chi connectivity index (χ1v) is 14.7. The summed E-state index contributed by atoms with van der Waals surface area (Å²) in [6.07, 6.45) is 5.72. The number of nitrogens with zero attached hydrogens (tertiary/aromatic N) is 3. The Morgan fingerprint density at radius 1 is 1.00 bits per heavy atom. The largest absolute Gasteiger partial charge is 0.324 e. The summed E-state index contributed by atoms with van der Waals surface area (Å²) in [6.45, 7) is 10.2. The van der Waals surface area contributed by atoms with Gasteiger partial charge in [-0.05, 0) is 86.7 Å². The maximum atomic E-state index is 13.3. The number of carbonyl (C=O) groups is 2. The molecule has 0 spiro atoms. The van der Waals surface area contributed by atoms with E-state index in [4.69, 9.17) is 5.10 Å². The Bertz CT molecular complexity index is 1520. The molecule has 0 radical (unpaired) electrons. The number of amides is 2. The van der Waals surface area contributed by atoms with Crippen molar-refractivity contribution in [3.63, 3.8) is 0 Å². The van der Waals surface area contributed by atoms with Crippen molar-refractivity contribution >= 4 is 23.3 Å². The van der Waals surface area contributed by atoms with E-state index in [9.17, 15) is 9.59 Å². The van der Waals surface area contributed by atoms with Gasteiger partial charge in [0.25, 0.3) is 0 Å². The van der Waals surface area contributed by atoms with Crippen LogP contribution in [-0.2, 0) is 5.41 Å². The van der Waals surface area contributed by atoms with Crippen molar-refractivity contribution in [1.29, 1.82) is 0 Å². The predicted molar refractivity (Wildman–Crippen MR) is 168 cm³/mol. The molecular weight excluding hydrogens is 524 g/mol. The number of Topliss-reactive ketones (excluding diaryl/α,β-unsaturated/α-hetero) is 1. The smallest absolute Gasteiger partial charge is 0.317 e. The van der Waals surface area contributed by atoms with Gasteiger partial charge in [-0.3, -0.25) is 15.1 Å². The van der Waals surface area contributed by atoms with Gasteiger partial charge in [0.1, 0.15) is 5.82 Å². The highest BCUT2D eigenvalue weighted by Crippen LogP contribution is 2.36. The second kappa shape index (κ2) is 12.7. The molecular formula is C34H40N6O2. The first kappa shape index (κ1) is 29.2. The Morgan fingerprint density at radius 3 is 2.45 bits per heavy atom. The third-order valence-electron chi connectivity index (χ3n) is 7.91. The first-order chi connectivity index (χ1) is 20.2. The van der Waals surface area contributed by atoms with Gasteiger partial charge >= 0.3 is 6.03 Å². The topological polar surface area (TPSA) is 101 Å². The number of anilines is 2. The number of hydrogen-bond acceptors (Lipinski definition) is 5. The number of aryl methyl sites for hydroxylation is 1. The molecule has 1 atom stereocenters. The molecule has 0 saturated carbocycles. The number of rotatable bonds is 8. The molecule has 1 aliphatic heterocycles. The summed E-state index contributed by atoms with van der Waals surface area (Å²) in [7, 11) is 0. The van der Waals surface area contributed by atoms with Crippen molar-refractivity contribution in [3.05, 3.63) is 102 Å². The summed E-state index contributed by atoms with van der Waals surface area (Å²) in [6, 6.07) is 21.1. The SMILES string of the molecule is Cc1ccc(-n2nc(C(C)(C)C)cc2NC(=O)Nc2cccc(C(CC(=O)c3cccnc3)C3CCNCC3)c2)cc1. The zero-order chi connectivity index (χ0) is 29.7. The number of pyridine rings is 1. The van der Waals surface area contributed by atoms with E-state index in [0.29, 0.717) is 29.4 Å². The van der Waals surface area contributed by atoms with Gasteiger partial charge in [-0.2, -0.15) is 5.10 Å². The van der Waals surface area contributed by atoms with Gasteiger partial charge in [-0.25, -0.2) is 9.48 Å². The van der Waals surface area contributed by atoms with E-state index < -0.39 is 0 Å². The maximum Gasteiger partial charge on any atom is 0.324 e. The normalized spacial score (nSPS) is 14.8. The molecule has 42 heavy (non-hydrogen) atoms. The quantitative estimate of drug-likeness (QED) is 0.203. The van der Waals surface area contributed by atoms with Crippen molar-refractivity contribution < 1.29 is 9.59 Å². The minimum atomic E-state index is -0.356. The lowest BCUT2D eigenvalue weighted by Crippen LogP contribution is -2.31. The van der Waals surface area contributed by atoms with Crippen LogP contribution in [0, 0.1) is 12.8 Å². The molecule has 1 fully saturated rings. The van der Waals surface area contributed by atoms with Crippen molar-refractivity contribution in [2.45, 2.75) is 58.3 Å². The monoisotopic (exact) mass is 564 g/mol. The van der Waals surface area contributed by atoms with Crippen LogP contribution < -0.4 is 16.0 Å². The van der Waals surface area contributed by atoms with Crippen LogP contribution >= 0.6 is 0 Å². The molecule has 4 aromatic rings. The molecule has 5 rings (SSSR count). The van der Waals surface area contributed by atoms with E-state index in [-0.39, 0.29) is 23.1 Å². The summed E-state index contributed by atoms with van der Waals surface area (Å²) < 4.78 is 1.77. The van der Waals surface area contributed by atoms with Gasteiger partial charge in [0.2, 0.25) is 0 Å². The van der Waals surface area contributed by atoms with Crippen molar-refractivity contribution in [1.82, 2.24) is 20.1 Å². The summed E-state index contributed by atoms with van der Waals surface area (Å²) in [5, 5.41) is 14.3. The molecule has 2 amide bonds. The van der Waals surface area contributed by atoms with Crippen LogP contribution in [0.4, 0.5) is 16.3 Å². The van der Waals surface area contributed by atoms with E-state index in [1.807, 2.05) is 61.5 Å². The zero-order valence-corrected chi connectivity index (χ0v) is 24.9. The summed E-state index contributed by atoms with van der Waals surface area (Å²) >= 11 is 0. The number of aromatic nitrogens is 3. The molecule has 218 valence electrons. The number of carbonyl (C=O) groups excluding carboxylic acids is 2. The number of hydrogen-bond donors (Lipinski definition) is 3. The minimum absolute atomic E-state index is 0.0435. The van der Waals surface area contributed by atoms with E-state index >= 15 is 0 Å². The van der Waals surface area contributed by atoms with Crippen LogP contribution in [0.5, 0.6) is 0 Å². The molecule has 0 aliphatic carbocycles. The van der Waals surface area contributed by atoms with Crippen LogP contribution in [0.15, 0.2) is 79.1 Å². The fourth-order valence-electron chi connectivity index (χ4n) is 5.49. The van der Waals surface area contributed by atoms with Gasteiger partial charge in [-0.1, -0.05) is 50.6 Å². The highest BCUT2D eigenvalue weighted by Gasteiger charge is 2.28. The molecule has 3 N–H and O–H groups in total. The number of urea groups is 1. The zero-order valence-electron chi connectivity index (χ0n) is 24.9. The fourth-order valence-corrected chi connectivity index (χ4v) is 5.49. The molecule has 2 aromatic heterocycles. The van der Waals surface area contributed by atoms with Crippen LogP contribution in [0.3, 0.4) is 0 Å². The summed E-state index contributed by atoms with van der Waals surface area (Å²) in [4.78, 5) is 30.7.